The van der Waals surface area contributed by atoms with Gasteiger partial charge in [-0.1, -0.05) is 240 Å². The predicted molar refractivity (Wildman–Crippen MR) is 351 cm³/mol. The molecule has 9 nitrogen and oxygen atoms in total. The molecule has 0 fully saturated rings. The highest BCUT2D eigenvalue weighted by Gasteiger charge is 2.22. The van der Waals surface area contributed by atoms with E-state index in [-0.39, 0.29) is 32.7 Å². The Kier molecular flexibility index (Phi) is 57.8. The van der Waals surface area contributed by atoms with E-state index in [1.807, 2.05) is 21.1 Å². The van der Waals surface area contributed by atoms with Crippen LogP contribution in [0.4, 0.5) is 0 Å². The minimum Gasteiger partial charge on any atom is -0.545 e. The fourth-order valence-electron chi connectivity index (χ4n) is 7.57. The molecule has 0 spiro atoms. The molecule has 9 heteroatoms. The number of likely N-dealkylation sites (N-methyl/N-ethyl adjacent to an activating group) is 1. The van der Waals surface area contributed by atoms with Crippen molar-refractivity contribution in [1.82, 2.24) is 0 Å². The van der Waals surface area contributed by atoms with E-state index in [4.69, 9.17) is 18.9 Å². The van der Waals surface area contributed by atoms with E-state index in [1.54, 1.807) is 0 Å². The molecule has 0 rings (SSSR count). The maximum absolute atomic E-state index is 12.9. The zero-order valence-electron chi connectivity index (χ0n) is 52.5. The van der Waals surface area contributed by atoms with Crippen molar-refractivity contribution in [3.05, 3.63) is 194 Å². The topological polar surface area (TPSA) is 111 Å². The van der Waals surface area contributed by atoms with Crippen LogP contribution < -0.4 is 5.11 Å². The number of rotatable bonds is 55. The van der Waals surface area contributed by atoms with Gasteiger partial charge in [-0.15, -0.1) is 0 Å². The summed E-state index contributed by atoms with van der Waals surface area (Å²) in [5.74, 6) is -2.41. The van der Waals surface area contributed by atoms with E-state index >= 15 is 0 Å². The van der Waals surface area contributed by atoms with E-state index in [2.05, 4.69) is 208 Å². The molecule has 0 saturated heterocycles. The molecule has 0 aromatic rings. The molecule has 0 bridgehead atoms. The third-order valence-corrected chi connectivity index (χ3v) is 12.3. The Labute approximate surface area is 506 Å². The molecule has 2 atom stereocenters. The Bertz CT molecular complexity index is 2060. The highest BCUT2D eigenvalue weighted by atomic mass is 16.7. The first-order chi connectivity index (χ1) is 40.6. The average Bonchev–Trinajstić information content (AvgIpc) is 3.46. The van der Waals surface area contributed by atoms with E-state index in [1.165, 1.54) is 12.8 Å². The molecule has 462 valence electrons. The summed E-state index contributed by atoms with van der Waals surface area (Å²) in [6.45, 7) is 4.40. The van der Waals surface area contributed by atoms with Gasteiger partial charge in [-0.2, -0.15) is 0 Å². The Hall–Kier alpha value is -5.87. The van der Waals surface area contributed by atoms with Crippen LogP contribution in [0.5, 0.6) is 0 Å². The number of allylic oxidation sites excluding steroid dienone is 32. The number of quaternary nitrogens is 1. The van der Waals surface area contributed by atoms with Crippen molar-refractivity contribution in [3.8, 4) is 0 Å². The van der Waals surface area contributed by atoms with E-state index < -0.39 is 30.3 Å². The van der Waals surface area contributed by atoms with E-state index in [9.17, 15) is 19.5 Å². The van der Waals surface area contributed by atoms with Gasteiger partial charge in [0.15, 0.2) is 12.4 Å². The minimum absolute atomic E-state index is 0.124. The second-order valence-corrected chi connectivity index (χ2v) is 21.2. The first-order valence-electron chi connectivity index (χ1n) is 31.6. The number of carboxylic acids is 1. The van der Waals surface area contributed by atoms with Crippen LogP contribution in [0.2, 0.25) is 0 Å². The zero-order valence-corrected chi connectivity index (χ0v) is 52.5. The Balaban J connectivity index is 4.36. The zero-order chi connectivity index (χ0) is 60.5. The van der Waals surface area contributed by atoms with Gasteiger partial charge in [-0.3, -0.25) is 9.59 Å². The van der Waals surface area contributed by atoms with Crippen molar-refractivity contribution in [2.45, 2.75) is 206 Å². The lowest BCUT2D eigenvalue weighted by Crippen LogP contribution is -2.44. The summed E-state index contributed by atoms with van der Waals surface area (Å²) in [7, 11) is 5.88. The van der Waals surface area contributed by atoms with Crippen LogP contribution in [0.1, 0.15) is 194 Å². The molecule has 0 aromatic heterocycles. The van der Waals surface area contributed by atoms with Crippen molar-refractivity contribution in [2.75, 3.05) is 47.5 Å². The predicted octanol–water partition coefficient (Wildman–Crippen LogP) is 18.1. The number of aliphatic carboxylic acids is 1. The summed E-state index contributed by atoms with van der Waals surface area (Å²) < 4.78 is 22.6. The van der Waals surface area contributed by atoms with Crippen LogP contribution >= 0.6 is 0 Å². The van der Waals surface area contributed by atoms with Crippen LogP contribution in [0.3, 0.4) is 0 Å². The number of unbranched alkanes of at least 4 members (excludes halogenated alkanes) is 8. The smallest absolute Gasteiger partial charge is 0.306 e. The molecule has 0 aliphatic heterocycles. The van der Waals surface area contributed by atoms with Gasteiger partial charge in [0.2, 0.25) is 0 Å². The maximum atomic E-state index is 12.9. The monoisotopic (exact) mass is 1140 g/mol. The fourth-order valence-corrected chi connectivity index (χ4v) is 7.57. The summed E-state index contributed by atoms with van der Waals surface area (Å²) in [5.41, 5.74) is 0. The van der Waals surface area contributed by atoms with Gasteiger partial charge in [0.05, 0.1) is 40.3 Å². The minimum atomic E-state index is -1.65. The van der Waals surface area contributed by atoms with Crippen LogP contribution in [0, 0.1) is 0 Å². The largest absolute Gasteiger partial charge is 0.545 e. The number of carboxylic acid groups (broad SMARTS) is 1. The Morgan fingerprint density at radius 1 is 0.361 bits per heavy atom. The molecule has 83 heavy (non-hydrogen) atoms. The summed E-state index contributed by atoms with van der Waals surface area (Å²) in [5, 5.41) is 11.8. The number of hydrogen-bond acceptors (Lipinski definition) is 8. The number of carbonyl (C=O) groups excluding carboxylic acids is 3. The van der Waals surface area contributed by atoms with Gasteiger partial charge >= 0.3 is 11.9 Å². The molecule has 2 unspecified atom stereocenters. The van der Waals surface area contributed by atoms with Crippen LogP contribution in [0.15, 0.2) is 194 Å². The fraction of sp³-hybridized carbons (Fsp3) is 0.527. The lowest BCUT2D eigenvalue weighted by molar-refractivity contribution is -0.870. The molecule has 0 amide bonds. The van der Waals surface area contributed by atoms with E-state index in [0.717, 1.165) is 141 Å². The second-order valence-electron chi connectivity index (χ2n) is 21.2. The molecule has 0 aliphatic carbocycles. The van der Waals surface area contributed by atoms with Gasteiger partial charge in [0.1, 0.15) is 13.2 Å². The van der Waals surface area contributed by atoms with Crippen molar-refractivity contribution in [1.29, 1.82) is 0 Å². The highest BCUT2D eigenvalue weighted by Crippen LogP contribution is 2.13. The van der Waals surface area contributed by atoms with Crippen LogP contribution in [0.25, 0.3) is 0 Å². The second kappa shape index (κ2) is 62.2. The molecule has 0 saturated carbocycles. The van der Waals surface area contributed by atoms with Crippen LogP contribution in [-0.2, 0) is 33.3 Å². The molecule has 0 aliphatic rings. The molecular formula is C74H113NO8. The number of carbonyl (C=O) groups is 3. The van der Waals surface area contributed by atoms with Crippen molar-refractivity contribution in [3.63, 3.8) is 0 Å². The van der Waals surface area contributed by atoms with Crippen LogP contribution in [-0.4, -0.2) is 82.3 Å². The maximum Gasteiger partial charge on any atom is 0.306 e. The van der Waals surface area contributed by atoms with Gasteiger partial charge in [0, 0.05) is 12.8 Å². The quantitative estimate of drug-likeness (QED) is 0.0195. The van der Waals surface area contributed by atoms with Crippen molar-refractivity contribution < 1.29 is 42.9 Å². The third kappa shape index (κ3) is 63.6. The first-order valence-corrected chi connectivity index (χ1v) is 31.6. The Morgan fingerprint density at radius 3 is 1.00 bits per heavy atom. The highest BCUT2D eigenvalue weighted by molar-refractivity contribution is 5.70. The third-order valence-electron chi connectivity index (χ3n) is 12.3. The summed E-state index contributed by atoms with van der Waals surface area (Å²) in [6.07, 6.45) is 93.5. The summed E-state index contributed by atoms with van der Waals surface area (Å²) >= 11 is 0. The first kappa shape index (κ1) is 77.1. The molecule has 0 N–H and O–H groups in total. The number of esters is 2. The van der Waals surface area contributed by atoms with Gasteiger partial charge in [-0.25, -0.2) is 0 Å². The molecule has 0 heterocycles. The number of nitrogens with zero attached hydrogens (tertiary/aromatic N) is 1. The summed E-state index contributed by atoms with van der Waals surface area (Å²) in [6, 6.07) is 0. The Morgan fingerprint density at radius 2 is 0.663 bits per heavy atom. The van der Waals surface area contributed by atoms with E-state index in [0.29, 0.717) is 23.9 Å². The molecular weight excluding hydrogens is 1030 g/mol. The lowest BCUT2D eigenvalue weighted by atomic mass is 10.1. The lowest BCUT2D eigenvalue weighted by Gasteiger charge is -2.26. The normalized spacial score (nSPS) is 14.1. The number of hydrogen-bond donors (Lipinski definition) is 0. The SMILES string of the molecule is CC/C=C\C/C=C\C/C=C\C/C=C\C/C=C\C/C=C\C/C=C\C/C=C\C/C=C\CCCCCCCCCC(=O)OC(COC(=O)CCC/C=C\C/C=C\C/C=C\C/C=C\C/C=C\C/C=C\C/C=C\CC)COC(OCC[N+](C)(C)C)C(=O)[O-]. The molecule has 0 aromatic carbocycles. The summed E-state index contributed by atoms with van der Waals surface area (Å²) in [4.78, 5) is 37.4. The van der Waals surface area contributed by atoms with Gasteiger partial charge < -0.3 is 33.3 Å². The van der Waals surface area contributed by atoms with Gasteiger partial charge in [-0.05, 0) is 135 Å². The van der Waals surface area contributed by atoms with Crippen molar-refractivity contribution >= 4 is 17.9 Å². The standard InChI is InChI=1S/C74H113NO8/c1-6-8-10-12-14-16-18-20-22-24-26-28-30-31-32-33-34-35-36-37-38-39-40-41-43-45-47-49-51-53-55-57-59-61-63-65-72(77)83-70(69-82-74(73(78)79)80-67-66-75(3,4)5)68-81-71(76)64-62-60-58-56-54-52-50-48-46-44-42-29-27-25-23-21-19-17-15-13-11-9-7-2/h8-11,14-17,20-23,26-29,31-32,34-35,37-38,40-41,44-47,50,52,56,58,70,74H,6-7,12-13,18-19,24-25,30,33,36,39,42-43,48-49,51,53-55,57,59-69H2,1-5H3/b10-8-,11-9-,16-14-,17-15-,22-20-,23-21-,28-26-,29-27-,32-31-,35-34-,38-37-,41-40-,46-44-,47-45-,52-50-,58-56-. The van der Waals surface area contributed by atoms with Gasteiger partial charge in [0.25, 0.3) is 0 Å². The number of ether oxygens (including phenoxy) is 4. The molecule has 0 radical (unpaired) electrons. The van der Waals surface area contributed by atoms with Crippen molar-refractivity contribution in [2.24, 2.45) is 0 Å². The average molecular weight is 1140 g/mol.